The third kappa shape index (κ3) is 2.93. The fourth-order valence-electron chi connectivity index (χ4n) is 1.92. The average Bonchev–Trinajstić information content (AvgIpc) is 2.43. The van der Waals surface area contributed by atoms with Crippen molar-refractivity contribution in [2.45, 2.75) is 18.7 Å². The van der Waals surface area contributed by atoms with Gasteiger partial charge >= 0.3 is 0 Å². The zero-order chi connectivity index (χ0) is 14.8. The molecule has 106 valence electrons. The summed E-state index contributed by atoms with van der Waals surface area (Å²) >= 11 is 0. The Labute approximate surface area is 119 Å². The maximum atomic E-state index is 12.3. The normalized spacial score (nSPS) is 11.2. The van der Waals surface area contributed by atoms with Crippen molar-refractivity contribution in [3.05, 3.63) is 53.6 Å². The Hall–Kier alpha value is -2.01. The highest BCUT2D eigenvalue weighted by molar-refractivity contribution is 7.92. The summed E-state index contributed by atoms with van der Waals surface area (Å²) in [5, 5.41) is 0. The molecular weight excluding hydrogens is 274 g/mol. The van der Waals surface area contributed by atoms with E-state index >= 15 is 0 Å². The number of nitrogens with one attached hydrogen (secondary N) is 1. The molecule has 5 heteroatoms. The zero-order valence-electron chi connectivity index (χ0n) is 11.7. The third-order valence-electron chi connectivity index (χ3n) is 3.04. The molecule has 4 nitrogen and oxygen atoms in total. The molecule has 0 aromatic heterocycles. The van der Waals surface area contributed by atoms with Gasteiger partial charge in [-0.2, -0.15) is 0 Å². The predicted molar refractivity (Wildman–Crippen MR) is 79.7 cm³/mol. The van der Waals surface area contributed by atoms with Crippen LogP contribution in [0, 0.1) is 13.8 Å². The Balaban J connectivity index is 2.38. The van der Waals surface area contributed by atoms with Crippen LogP contribution in [0.3, 0.4) is 0 Å². The molecule has 2 aromatic carbocycles. The maximum Gasteiger partial charge on any atom is 0.261 e. The molecule has 20 heavy (non-hydrogen) atoms. The van der Waals surface area contributed by atoms with Crippen LogP contribution in [-0.4, -0.2) is 15.5 Å². The molecule has 2 aromatic rings. The second kappa shape index (κ2) is 5.54. The Morgan fingerprint density at radius 1 is 1.00 bits per heavy atom. The molecular formula is C15H17NO3S. The van der Waals surface area contributed by atoms with Crippen molar-refractivity contribution in [3.63, 3.8) is 0 Å². The quantitative estimate of drug-likeness (QED) is 0.941. The molecule has 0 unspecified atom stereocenters. The standard InChI is InChI=1S/C15H17NO3S/c1-11-10-15(19-3)12(2)9-14(11)16-20(17,18)13-7-5-4-6-8-13/h4-10,16H,1-3H3. The van der Waals surface area contributed by atoms with E-state index in [4.69, 9.17) is 4.74 Å². The van der Waals surface area contributed by atoms with E-state index in [-0.39, 0.29) is 4.90 Å². The van der Waals surface area contributed by atoms with Gasteiger partial charge in [-0.3, -0.25) is 4.72 Å². The number of benzene rings is 2. The van der Waals surface area contributed by atoms with Gasteiger partial charge < -0.3 is 4.74 Å². The second-order valence-electron chi connectivity index (χ2n) is 4.56. The molecule has 0 heterocycles. The SMILES string of the molecule is COc1cc(C)c(NS(=O)(=O)c2ccccc2)cc1C. The second-order valence-corrected chi connectivity index (χ2v) is 6.24. The van der Waals surface area contributed by atoms with Crippen molar-refractivity contribution in [1.82, 2.24) is 0 Å². The zero-order valence-corrected chi connectivity index (χ0v) is 12.5. The van der Waals surface area contributed by atoms with Crippen LogP contribution in [0.4, 0.5) is 5.69 Å². The minimum atomic E-state index is -3.56. The lowest BCUT2D eigenvalue weighted by Crippen LogP contribution is -2.13. The predicted octanol–water partition coefficient (Wildman–Crippen LogP) is 3.11. The van der Waals surface area contributed by atoms with Gasteiger partial charge in [0.2, 0.25) is 0 Å². The number of sulfonamides is 1. The van der Waals surface area contributed by atoms with E-state index in [9.17, 15) is 8.42 Å². The van der Waals surface area contributed by atoms with Gasteiger partial charge in [0, 0.05) is 0 Å². The first-order valence-corrected chi connectivity index (χ1v) is 7.65. The third-order valence-corrected chi connectivity index (χ3v) is 4.42. The topological polar surface area (TPSA) is 55.4 Å². The monoisotopic (exact) mass is 291 g/mol. The molecule has 0 spiro atoms. The van der Waals surface area contributed by atoms with E-state index < -0.39 is 10.0 Å². The van der Waals surface area contributed by atoms with E-state index in [0.717, 1.165) is 16.9 Å². The van der Waals surface area contributed by atoms with E-state index in [1.165, 1.54) is 0 Å². The minimum absolute atomic E-state index is 0.243. The number of anilines is 1. The van der Waals surface area contributed by atoms with Crippen LogP contribution in [-0.2, 0) is 10.0 Å². The van der Waals surface area contributed by atoms with Crippen LogP contribution in [0.2, 0.25) is 0 Å². The number of hydrogen-bond donors (Lipinski definition) is 1. The van der Waals surface area contributed by atoms with Crippen molar-refractivity contribution >= 4 is 15.7 Å². The molecule has 0 atom stereocenters. The van der Waals surface area contributed by atoms with Gasteiger partial charge in [-0.25, -0.2) is 8.42 Å². The van der Waals surface area contributed by atoms with Crippen LogP contribution in [0.25, 0.3) is 0 Å². The summed E-state index contributed by atoms with van der Waals surface area (Å²) in [6.07, 6.45) is 0. The van der Waals surface area contributed by atoms with Crippen LogP contribution >= 0.6 is 0 Å². The summed E-state index contributed by atoms with van der Waals surface area (Å²) in [5.41, 5.74) is 2.25. The van der Waals surface area contributed by atoms with Gasteiger partial charge in [0.05, 0.1) is 17.7 Å². The average molecular weight is 291 g/mol. The van der Waals surface area contributed by atoms with Gasteiger partial charge in [0.15, 0.2) is 0 Å². The molecule has 0 amide bonds. The number of rotatable bonds is 4. The Morgan fingerprint density at radius 2 is 1.65 bits per heavy atom. The van der Waals surface area contributed by atoms with Crippen molar-refractivity contribution in [1.29, 1.82) is 0 Å². The number of aryl methyl sites for hydroxylation is 2. The van der Waals surface area contributed by atoms with Gasteiger partial charge in [-0.05, 0) is 49.2 Å². The Kier molecular flexibility index (Phi) is 3.99. The van der Waals surface area contributed by atoms with Crippen LogP contribution < -0.4 is 9.46 Å². The first-order valence-electron chi connectivity index (χ1n) is 6.17. The van der Waals surface area contributed by atoms with Crippen molar-refractivity contribution in [2.75, 3.05) is 11.8 Å². The van der Waals surface area contributed by atoms with Crippen molar-refractivity contribution in [3.8, 4) is 5.75 Å². The van der Waals surface area contributed by atoms with E-state index in [2.05, 4.69) is 4.72 Å². The molecule has 0 aliphatic heterocycles. The minimum Gasteiger partial charge on any atom is -0.496 e. The van der Waals surface area contributed by atoms with Crippen molar-refractivity contribution < 1.29 is 13.2 Å². The van der Waals surface area contributed by atoms with Gasteiger partial charge in [0.1, 0.15) is 5.75 Å². The van der Waals surface area contributed by atoms with Gasteiger partial charge in [-0.1, -0.05) is 18.2 Å². The first-order chi connectivity index (χ1) is 9.44. The Morgan fingerprint density at radius 3 is 2.25 bits per heavy atom. The molecule has 0 aliphatic rings. The van der Waals surface area contributed by atoms with E-state index in [0.29, 0.717) is 5.69 Å². The highest BCUT2D eigenvalue weighted by atomic mass is 32.2. The van der Waals surface area contributed by atoms with Crippen LogP contribution in [0.5, 0.6) is 5.75 Å². The molecule has 0 radical (unpaired) electrons. The number of ether oxygens (including phenoxy) is 1. The molecule has 0 aliphatic carbocycles. The summed E-state index contributed by atoms with van der Waals surface area (Å²) in [5.74, 6) is 0.741. The summed E-state index contributed by atoms with van der Waals surface area (Å²) in [6, 6.07) is 11.9. The van der Waals surface area contributed by atoms with Crippen LogP contribution in [0.1, 0.15) is 11.1 Å². The lowest BCUT2D eigenvalue weighted by atomic mass is 10.1. The molecule has 0 fully saturated rings. The summed E-state index contributed by atoms with van der Waals surface area (Å²) < 4.78 is 32.4. The molecule has 0 saturated heterocycles. The number of methoxy groups -OCH3 is 1. The lowest BCUT2D eigenvalue weighted by molar-refractivity contribution is 0.411. The highest BCUT2D eigenvalue weighted by Gasteiger charge is 2.15. The molecule has 0 saturated carbocycles. The Bertz CT molecular complexity index is 709. The molecule has 0 bridgehead atoms. The molecule has 1 N–H and O–H groups in total. The summed E-state index contributed by atoms with van der Waals surface area (Å²) in [6.45, 7) is 3.71. The molecule has 2 rings (SSSR count). The largest absolute Gasteiger partial charge is 0.496 e. The van der Waals surface area contributed by atoms with E-state index in [1.807, 2.05) is 19.9 Å². The summed E-state index contributed by atoms with van der Waals surface area (Å²) in [7, 11) is -1.97. The fourth-order valence-corrected chi connectivity index (χ4v) is 3.07. The first kappa shape index (κ1) is 14.4. The maximum absolute atomic E-state index is 12.3. The van der Waals surface area contributed by atoms with Gasteiger partial charge in [0.25, 0.3) is 10.0 Å². The number of hydrogen-bond acceptors (Lipinski definition) is 3. The van der Waals surface area contributed by atoms with Crippen molar-refractivity contribution in [2.24, 2.45) is 0 Å². The summed E-state index contributed by atoms with van der Waals surface area (Å²) in [4.78, 5) is 0.243. The smallest absolute Gasteiger partial charge is 0.261 e. The lowest BCUT2D eigenvalue weighted by Gasteiger charge is -2.13. The fraction of sp³-hybridized carbons (Fsp3) is 0.200. The van der Waals surface area contributed by atoms with Crippen LogP contribution in [0.15, 0.2) is 47.4 Å². The van der Waals surface area contributed by atoms with Gasteiger partial charge in [-0.15, -0.1) is 0 Å². The van der Waals surface area contributed by atoms with E-state index in [1.54, 1.807) is 43.5 Å². The highest BCUT2D eigenvalue weighted by Crippen LogP contribution is 2.27.